The monoisotopic (exact) mass is 419 g/mol. The fourth-order valence-electron chi connectivity index (χ4n) is 3.43. The average Bonchev–Trinajstić information content (AvgIpc) is 2.87. The molecule has 0 aliphatic heterocycles. The highest BCUT2D eigenvalue weighted by Crippen LogP contribution is 2.22. The lowest BCUT2D eigenvalue weighted by Crippen LogP contribution is -2.27. The molecule has 32 heavy (non-hydrogen) atoms. The van der Waals surface area contributed by atoms with Crippen LogP contribution in [0.2, 0.25) is 0 Å². The summed E-state index contributed by atoms with van der Waals surface area (Å²) in [5, 5.41) is 3.12. The van der Waals surface area contributed by atoms with Gasteiger partial charge >= 0.3 is 0 Å². The lowest BCUT2D eigenvalue weighted by atomic mass is 9.98. The SMILES string of the molecule is O=C(/C=C/c1ccc(OCc2ccccc2)cc1)NC(c1ccccc1)c1ccccc1. The molecule has 0 unspecified atom stereocenters. The van der Waals surface area contributed by atoms with Crippen LogP contribution in [0.3, 0.4) is 0 Å². The summed E-state index contributed by atoms with van der Waals surface area (Å²) in [7, 11) is 0. The first-order chi connectivity index (χ1) is 15.8. The van der Waals surface area contributed by atoms with Crippen molar-refractivity contribution >= 4 is 12.0 Å². The van der Waals surface area contributed by atoms with Crippen molar-refractivity contribution in [2.75, 3.05) is 0 Å². The van der Waals surface area contributed by atoms with E-state index < -0.39 is 0 Å². The normalized spacial score (nSPS) is 10.9. The second kappa shape index (κ2) is 10.8. The Morgan fingerprint density at radius 3 is 1.81 bits per heavy atom. The Labute approximate surface area is 189 Å². The van der Waals surface area contributed by atoms with Crippen LogP contribution in [0.1, 0.15) is 28.3 Å². The smallest absolute Gasteiger partial charge is 0.244 e. The molecule has 4 aromatic rings. The molecule has 4 rings (SSSR count). The maximum absolute atomic E-state index is 12.7. The van der Waals surface area contributed by atoms with Gasteiger partial charge in [0.15, 0.2) is 0 Å². The van der Waals surface area contributed by atoms with Crippen molar-refractivity contribution in [1.29, 1.82) is 0 Å². The molecule has 1 N–H and O–H groups in total. The van der Waals surface area contributed by atoms with Crippen molar-refractivity contribution < 1.29 is 9.53 Å². The maximum Gasteiger partial charge on any atom is 0.244 e. The Morgan fingerprint density at radius 1 is 0.719 bits per heavy atom. The number of hydrogen-bond acceptors (Lipinski definition) is 2. The van der Waals surface area contributed by atoms with Gasteiger partial charge in [0.2, 0.25) is 5.91 Å². The van der Waals surface area contributed by atoms with E-state index in [1.54, 1.807) is 6.08 Å². The summed E-state index contributed by atoms with van der Waals surface area (Å²) in [5.41, 5.74) is 4.14. The largest absolute Gasteiger partial charge is 0.489 e. The fraction of sp³-hybridized carbons (Fsp3) is 0.0690. The van der Waals surface area contributed by atoms with E-state index in [0.29, 0.717) is 6.61 Å². The van der Waals surface area contributed by atoms with Crippen molar-refractivity contribution in [3.05, 3.63) is 144 Å². The zero-order valence-corrected chi connectivity index (χ0v) is 17.7. The van der Waals surface area contributed by atoms with E-state index in [9.17, 15) is 4.79 Å². The predicted octanol–water partition coefficient (Wildman–Crippen LogP) is 6.18. The third kappa shape index (κ3) is 5.96. The Kier molecular flexibility index (Phi) is 7.12. The number of ether oxygens (including phenoxy) is 1. The second-order valence-electron chi connectivity index (χ2n) is 7.44. The minimum atomic E-state index is -0.205. The van der Waals surface area contributed by atoms with Gasteiger partial charge in [-0.3, -0.25) is 4.79 Å². The van der Waals surface area contributed by atoms with Gasteiger partial charge in [-0.05, 0) is 40.5 Å². The van der Waals surface area contributed by atoms with Gasteiger partial charge in [0.25, 0.3) is 0 Å². The molecule has 0 aromatic heterocycles. The van der Waals surface area contributed by atoms with Gasteiger partial charge in [0.1, 0.15) is 12.4 Å². The minimum Gasteiger partial charge on any atom is -0.489 e. The Morgan fingerprint density at radius 2 is 1.25 bits per heavy atom. The number of rotatable bonds is 8. The van der Waals surface area contributed by atoms with Crippen LogP contribution < -0.4 is 10.1 Å². The third-order valence-corrected chi connectivity index (χ3v) is 5.11. The summed E-state index contributed by atoms with van der Waals surface area (Å²) < 4.78 is 5.82. The van der Waals surface area contributed by atoms with E-state index in [4.69, 9.17) is 4.74 Å². The molecule has 0 aliphatic rings. The summed E-state index contributed by atoms with van der Waals surface area (Å²) in [5.74, 6) is 0.649. The van der Waals surface area contributed by atoms with Crippen molar-refractivity contribution in [2.24, 2.45) is 0 Å². The number of carbonyl (C=O) groups excluding carboxylic acids is 1. The molecule has 0 spiro atoms. The van der Waals surface area contributed by atoms with E-state index in [0.717, 1.165) is 28.0 Å². The summed E-state index contributed by atoms with van der Waals surface area (Å²) in [4.78, 5) is 12.7. The first-order valence-electron chi connectivity index (χ1n) is 10.6. The Bertz CT molecular complexity index is 1100. The molecule has 1 amide bonds. The molecule has 0 fully saturated rings. The highest BCUT2D eigenvalue weighted by atomic mass is 16.5. The molecule has 0 heterocycles. The summed E-state index contributed by atoms with van der Waals surface area (Å²) >= 11 is 0. The molecule has 0 aliphatic carbocycles. The van der Waals surface area contributed by atoms with Crippen molar-refractivity contribution in [3.8, 4) is 5.75 Å². The van der Waals surface area contributed by atoms with Gasteiger partial charge in [-0.2, -0.15) is 0 Å². The van der Waals surface area contributed by atoms with Gasteiger partial charge in [0.05, 0.1) is 6.04 Å². The van der Waals surface area contributed by atoms with E-state index >= 15 is 0 Å². The highest BCUT2D eigenvalue weighted by Gasteiger charge is 2.15. The number of carbonyl (C=O) groups is 1. The van der Waals surface area contributed by atoms with Crippen molar-refractivity contribution in [1.82, 2.24) is 5.32 Å². The molecule has 0 bridgehead atoms. The van der Waals surface area contributed by atoms with Crippen molar-refractivity contribution in [3.63, 3.8) is 0 Å². The molecule has 3 heteroatoms. The van der Waals surface area contributed by atoms with Crippen LogP contribution in [0, 0.1) is 0 Å². The van der Waals surface area contributed by atoms with E-state index in [-0.39, 0.29) is 11.9 Å². The minimum absolute atomic E-state index is 0.146. The lowest BCUT2D eigenvalue weighted by Gasteiger charge is -2.19. The van der Waals surface area contributed by atoms with Crippen LogP contribution in [0.25, 0.3) is 6.08 Å². The second-order valence-corrected chi connectivity index (χ2v) is 7.44. The molecule has 0 saturated carbocycles. The van der Waals surface area contributed by atoms with Crippen LogP contribution in [-0.4, -0.2) is 5.91 Å². The van der Waals surface area contributed by atoms with Crippen LogP contribution in [0.15, 0.2) is 121 Å². The first-order valence-corrected chi connectivity index (χ1v) is 10.6. The van der Waals surface area contributed by atoms with Gasteiger partial charge < -0.3 is 10.1 Å². The van der Waals surface area contributed by atoms with Gasteiger partial charge in [-0.15, -0.1) is 0 Å². The summed E-state index contributed by atoms with van der Waals surface area (Å²) in [6, 6.07) is 37.5. The predicted molar refractivity (Wildman–Crippen MR) is 129 cm³/mol. The van der Waals surface area contributed by atoms with E-state index in [1.165, 1.54) is 0 Å². The number of benzene rings is 4. The molecule has 4 aromatic carbocycles. The zero-order valence-electron chi connectivity index (χ0n) is 17.7. The maximum atomic E-state index is 12.7. The molecule has 0 saturated heterocycles. The quantitative estimate of drug-likeness (QED) is 0.346. The van der Waals surface area contributed by atoms with Crippen molar-refractivity contribution in [2.45, 2.75) is 12.6 Å². The molecule has 158 valence electrons. The van der Waals surface area contributed by atoms with E-state index in [1.807, 2.05) is 121 Å². The Balaban J connectivity index is 1.38. The molecule has 3 nitrogen and oxygen atoms in total. The van der Waals surface area contributed by atoms with Crippen LogP contribution in [-0.2, 0) is 11.4 Å². The topological polar surface area (TPSA) is 38.3 Å². The molecular weight excluding hydrogens is 394 g/mol. The number of nitrogens with one attached hydrogen (secondary N) is 1. The number of amides is 1. The van der Waals surface area contributed by atoms with Crippen LogP contribution in [0.4, 0.5) is 0 Å². The standard InChI is InChI=1S/C29H25NO2/c31-28(30-29(25-12-6-2-7-13-25)26-14-8-3-9-15-26)21-18-23-16-19-27(20-17-23)32-22-24-10-4-1-5-11-24/h1-21,29H,22H2,(H,30,31)/b21-18+. The summed E-state index contributed by atoms with van der Waals surface area (Å²) in [6.07, 6.45) is 3.38. The lowest BCUT2D eigenvalue weighted by molar-refractivity contribution is -0.116. The third-order valence-electron chi connectivity index (χ3n) is 5.11. The zero-order chi connectivity index (χ0) is 22.0. The van der Waals surface area contributed by atoms with Crippen LogP contribution in [0.5, 0.6) is 5.75 Å². The molecule has 0 atom stereocenters. The fourth-order valence-corrected chi connectivity index (χ4v) is 3.43. The van der Waals surface area contributed by atoms with Gasteiger partial charge in [0, 0.05) is 6.08 Å². The number of hydrogen-bond donors (Lipinski definition) is 1. The molecule has 0 radical (unpaired) electrons. The molecular formula is C29H25NO2. The van der Waals surface area contributed by atoms with Crippen LogP contribution >= 0.6 is 0 Å². The van der Waals surface area contributed by atoms with Gasteiger partial charge in [-0.1, -0.05) is 103 Å². The van der Waals surface area contributed by atoms with Gasteiger partial charge in [-0.25, -0.2) is 0 Å². The Hall–Kier alpha value is -4.11. The summed E-state index contributed by atoms with van der Waals surface area (Å²) in [6.45, 7) is 0.527. The van der Waals surface area contributed by atoms with E-state index in [2.05, 4.69) is 5.32 Å². The highest BCUT2D eigenvalue weighted by molar-refractivity contribution is 5.92. The first kappa shape index (κ1) is 21.1. The average molecular weight is 420 g/mol.